The molecule has 0 radical (unpaired) electrons. The van der Waals surface area contributed by atoms with Crippen LogP contribution < -0.4 is 4.74 Å². The van der Waals surface area contributed by atoms with Gasteiger partial charge in [-0.2, -0.15) is 0 Å². The molecule has 0 spiro atoms. The van der Waals surface area contributed by atoms with Crippen molar-refractivity contribution in [2.45, 2.75) is 6.92 Å². The van der Waals surface area contributed by atoms with Crippen molar-refractivity contribution >= 4 is 15.9 Å². The number of nitrogens with zero attached hydrogens (tertiary/aromatic N) is 2. The quantitative estimate of drug-likeness (QED) is 0.685. The first kappa shape index (κ1) is 7.47. The molecule has 0 N–H and O–H groups in total. The van der Waals surface area contributed by atoms with E-state index >= 15 is 0 Å². The lowest BCUT2D eigenvalue weighted by molar-refractivity contribution is 0.326. The van der Waals surface area contributed by atoms with Gasteiger partial charge in [-0.15, -0.1) is 0 Å². The van der Waals surface area contributed by atoms with Crippen molar-refractivity contribution in [2.24, 2.45) is 0 Å². The highest BCUT2D eigenvalue weighted by molar-refractivity contribution is 9.10. The van der Waals surface area contributed by atoms with Gasteiger partial charge in [0.15, 0.2) is 0 Å². The zero-order valence-electron chi connectivity index (χ0n) is 5.54. The summed E-state index contributed by atoms with van der Waals surface area (Å²) >= 11 is 3.20. The molecule has 0 atom stereocenters. The summed E-state index contributed by atoms with van der Waals surface area (Å²) in [7, 11) is 0. The molecule has 0 bridgehead atoms. The smallest absolute Gasteiger partial charge is 0.217 e. The lowest BCUT2D eigenvalue weighted by atomic mass is 10.6. The Morgan fingerprint density at radius 3 is 3.00 bits per heavy atom. The van der Waals surface area contributed by atoms with Crippen molar-refractivity contribution in [3.05, 3.63) is 17.0 Å². The van der Waals surface area contributed by atoms with E-state index in [4.69, 9.17) is 4.74 Å². The Hall–Kier alpha value is -0.640. The molecule has 0 saturated heterocycles. The molecule has 0 aliphatic rings. The summed E-state index contributed by atoms with van der Waals surface area (Å²) < 4.78 is 5.85. The van der Waals surface area contributed by atoms with Crippen LogP contribution in [0, 0.1) is 0 Å². The maximum Gasteiger partial charge on any atom is 0.217 e. The van der Waals surface area contributed by atoms with Crippen LogP contribution in [0.1, 0.15) is 6.92 Å². The zero-order valence-corrected chi connectivity index (χ0v) is 7.13. The van der Waals surface area contributed by atoms with Gasteiger partial charge in [-0.3, -0.25) is 0 Å². The molecule has 54 valence electrons. The summed E-state index contributed by atoms with van der Waals surface area (Å²) in [6.45, 7) is 2.54. The second kappa shape index (κ2) is 3.51. The Morgan fingerprint density at radius 1 is 1.60 bits per heavy atom. The normalized spacial score (nSPS) is 9.40. The Bertz CT molecular complexity index is 217. The lowest BCUT2D eigenvalue weighted by Crippen LogP contribution is -1.94. The van der Waals surface area contributed by atoms with Crippen LogP contribution in [-0.4, -0.2) is 16.6 Å². The van der Waals surface area contributed by atoms with Crippen LogP contribution in [0.25, 0.3) is 0 Å². The fourth-order valence-electron chi connectivity index (χ4n) is 0.544. The van der Waals surface area contributed by atoms with E-state index in [9.17, 15) is 0 Å². The highest BCUT2D eigenvalue weighted by Gasteiger charge is 1.93. The maximum atomic E-state index is 5.11. The van der Waals surface area contributed by atoms with E-state index in [0.717, 1.165) is 4.60 Å². The summed E-state index contributed by atoms with van der Waals surface area (Å²) in [4.78, 5) is 7.71. The van der Waals surface area contributed by atoms with Gasteiger partial charge >= 0.3 is 0 Å². The summed E-state index contributed by atoms with van der Waals surface area (Å²) in [5, 5.41) is 0. The third-order valence-electron chi connectivity index (χ3n) is 0.901. The third kappa shape index (κ3) is 1.95. The van der Waals surface area contributed by atoms with Crippen molar-refractivity contribution in [2.75, 3.05) is 6.61 Å². The fraction of sp³-hybridized carbons (Fsp3) is 0.333. The van der Waals surface area contributed by atoms with E-state index in [1.807, 2.05) is 6.92 Å². The van der Waals surface area contributed by atoms with Crippen LogP contribution in [0.4, 0.5) is 0 Å². The molecule has 0 fully saturated rings. The Balaban J connectivity index is 2.75. The van der Waals surface area contributed by atoms with Crippen molar-refractivity contribution in [1.82, 2.24) is 9.97 Å². The second-order valence-corrected chi connectivity index (χ2v) is 2.42. The minimum Gasteiger partial charge on any atom is -0.478 e. The summed E-state index contributed by atoms with van der Waals surface area (Å²) in [6, 6.07) is 1.73. The highest BCUT2D eigenvalue weighted by Crippen LogP contribution is 2.10. The van der Waals surface area contributed by atoms with E-state index in [2.05, 4.69) is 25.9 Å². The Labute approximate surface area is 67.6 Å². The van der Waals surface area contributed by atoms with Crippen LogP contribution in [0.5, 0.6) is 5.88 Å². The Kier molecular flexibility index (Phi) is 2.62. The standard InChI is InChI=1S/C6H7BrN2O/c1-2-10-6-3-5(7)8-4-9-6/h3-4H,2H2,1H3. The van der Waals surface area contributed by atoms with Gasteiger partial charge in [0.2, 0.25) is 5.88 Å². The highest BCUT2D eigenvalue weighted by atomic mass is 79.9. The van der Waals surface area contributed by atoms with Gasteiger partial charge in [0, 0.05) is 6.07 Å². The molecule has 0 amide bonds. The number of rotatable bonds is 2. The number of halogens is 1. The molecule has 4 heteroatoms. The van der Waals surface area contributed by atoms with Crippen molar-refractivity contribution in [3.8, 4) is 5.88 Å². The molecule has 10 heavy (non-hydrogen) atoms. The van der Waals surface area contributed by atoms with E-state index in [0.29, 0.717) is 12.5 Å². The van der Waals surface area contributed by atoms with E-state index in [-0.39, 0.29) is 0 Å². The van der Waals surface area contributed by atoms with Gasteiger partial charge in [0.1, 0.15) is 10.9 Å². The molecule has 0 aliphatic heterocycles. The molecule has 0 aromatic carbocycles. The predicted octanol–water partition coefficient (Wildman–Crippen LogP) is 1.64. The lowest BCUT2D eigenvalue weighted by Gasteiger charge is -1.99. The number of ether oxygens (including phenoxy) is 1. The predicted molar refractivity (Wildman–Crippen MR) is 40.9 cm³/mol. The molecule has 1 aromatic heterocycles. The van der Waals surface area contributed by atoms with E-state index in [1.165, 1.54) is 6.33 Å². The first-order valence-corrected chi connectivity index (χ1v) is 3.72. The van der Waals surface area contributed by atoms with E-state index in [1.54, 1.807) is 6.07 Å². The molecule has 1 rings (SSSR count). The topological polar surface area (TPSA) is 35.0 Å². The van der Waals surface area contributed by atoms with Crippen molar-refractivity contribution in [1.29, 1.82) is 0 Å². The van der Waals surface area contributed by atoms with Crippen LogP contribution in [0.3, 0.4) is 0 Å². The molecule has 0 unspecified atom stereocenters. The number of hydrogen-bond acceptors (Lipinski definition) is 3. The van der Waals surface area contributed by atoms with Crippen LogP contribution >= 0.6 is 15.9 Å². The van der Waals surface area contributed by atoms with Gasteiger partial charge in [-0.05, 0) is 22.9 Å². The molecule has 0 aliphatic carbocycles. The van der Waals surface area contributed by atoms with Crippen LogP contribution in [-0.2, 0) is 0 Å². The second-order valence-electron chi connectivity index (χ2n) is 1.61. The van der Waals surface area contributed by atoms with Crippen molar-refractivity contribution < 1.29 is 4.74 Å². The van der Waals surface area contributed by atoms with Gasteiger partial charge in [-0.25, -0.2) is 9.97 Å². The molecular formula is C6H7BrN2O. The molecule has 0 saturated carbocycles. The number of aromatic nitrogens is 2. The zero-order chi connectivity index (χ0) is 7.40. The minimum absolute atomic E-state index is 0.601. The van der Waals surface area contributed by atoms with Crippen molar-refractivity contribution in [3.63, 3.8) is 0 Å². The van der Waals surface area contributed by atoms with Crippen LogP contribution in [0.15, 0.2) is 17.0 Å². The summed E-state index contributed by atoms with van der Waals surface area (Å²) in [5.41, 5.74) is 0. The Morgan fingerprint density at radius 2 is 2.40 bits per heavy atom. The minimum atomic E-state index is 0.601. The van der Waals surface area contributed by atoms with Gasteiger partial charge in [0.05, 0.1) is 6.61 Å². The molecule has 1 heterocycles. The maximum absolute atomic E-state index is 5.11. The van der Waals surface area contributed by atoms with Crippen LogP contribution in [0.2, 0.25) is 0 Å². The molecule has 3 nitrogen and oxygen atoms in total. The summed E-state index contributed by atoms with van der Waals surface area (Å²) in [6.07, 6.45) is 1.45. The average molecular weight is 203 g/mol. The van der Waals surface area contributed by atoms with Gasteiger partial charge < -0.3 is 4.74 Å². The average Bonchev–Trinajstić information content (AvgIpc) is 1.88. The first-order chi connectivity index (χ1) is 4.83. The van der Waals surface area contributed by atoms with Gasteiger partial charge in [0.25, 0.3) is 0 Å². The third-order valence-corrected chi connectivity index (χ3v) is 1.33. The van der Waals surface area contributed by atoms with E-state index < -0.39 is 0 Å². The first-order valence-electron chi connectivity index (χ1n) is 2.93. The molecule has 1 aromatic rings. The molecular weight excluding hydrogens is 196 g/mol. The monoisotopic (exact) mass is 202 g/mol. The summed E-state index contributed by atoms with van der Waals surface area (Å²) in [5.74, 6) is 0.601. The van der Waals surface area contributed by atoms with Gasteiger partial charge in [-0.1, -0.05) is 0 Å². The fourth-order valence-corrected chi connectivity index (χ4v) is 0.832. The largest absolute Gasteiger partial charge is 0.478 e. The number of hydrogen-bond donors (Lipinski definition) is 0. The SMILES string of the molecule is CCOc1cc(Br)ncn1.